The molecule has 1 amide bonds. The number of hydrogen-bond donors (Lipinski definition) is 1. The van der Waals surface area contributed by atoms with Crippen LogP contribution in [-0.2, 0) is 20.8 Å². The summed E-state index contributed by atoms with van der Waals surface area (Å²) >= 11 is 5.97. The summed E-state index contributed by atoms with van der Waals surface area (Å²) in [7, 11) is 0. The van der Waals surface area contributed by atoms with Crippen LogP contribution in [0.1, 0.15) is 22.8 Å². The number of amides is 1. The fraction of sp³-hybridized carbons (Fsp3) is 0.333. The van der Waals surface area contributed by atoms with E-state index in [9.17, 15) is 19.7 Å². The third-order valence-electron chi connectivity index (χ3n) is 4.77. The molecule has 1 fully saturated rings. The minimum absolute atomic E-state index is 0.0110. The molecule has 0 aliphatic carbocycles. The van der Waals surface area contributed by atoms with E-state index in [1.54, 1.807) is 12.1 Å². The largest absolute Gasteiger partial charge is 0.449 e. The van der Waals surface area contributed by atoms with E-state index in [0.717, 1.165) is 44.5 Å². The molecule has 0 spiro atoms. The fourth-order valence-electron chi connectivity index (χ4n) is 3.00. The predicted molar refractivity (Wildman–Crippen MR) is 114 cm³/mol. The summed E-state index contributed by atoms with van der Waals surface area (Å²) in [6, 6.07) is 10.7. The van der Waals surface area contributed by atoms with Crippen molar-refractivity contribution in [2.45, 2.75) is 19.6 Å². The van der Waals surface area contributed by atoms with Gasteiger partial charge >= 0.3 is 5.97 Å². The standard InChI is InChI=1S/C21H22ClN3O6/c1-14(20(26)23-19-7-6-17(25(28)29)12-18(19)22)31-21(27)16-4-2-15(3-5-16)13-24-8-10-30-11-9-24/h2-7,12,14H,8-11,13H2,1H3,(H,23,26). The maximum atomic E-state index is 12.4. The summed E-state index contributed by atoms with van der Waals surface area (Å²) in [6.07, 6.45) is -1.09. The van der Waals surface area contributed by atoms with Gasteiger partial charge < -0.3 is 14.8 Å². The zero-order valence-corrected chi connectivity index (χ0v) is 17.6. The highest BCUT2D eigenvalue weighted by molar-refractivity contribution is 6.34. The van der Waals surface area contributed by atoms with Crippen LogP contribution >= 0.6 is 11.6 Å². The van der Waals surface area contributed by atoms with E-state index in [1.807, 2.05) is 12.1 Å². The predicted octanol–water partition coefficient (Wildman–Crippen LogP) is 3.26. The van der Waals surface area contributed by atoms with Gasteiger partial charge in [0.1, 0.15) is 0 Å². The molecule has 3 rings (SSSR count). The molecule has 0 saturated carbocycles. The van der Waals surface area contributed by atoms with Gasteiger partial charge in [0.2, 0.25) is 0 Å². The Morgan fingerprint density at radius 3 is 2.52 bits per heavy atom. The van der Waals surface area contributed by atoms with Crippen LogP contribution in [0.4, 0.5) is 11.4 Å². The van der Waals surface area contributed by atoms with Gasteiger partial charge in [0.25, 0.3) is 11.6 Å². The second kappa shape index (κ2) is 10.3. The molecule has 1 unspecified atom stereocenters. The number of nitro benzene ring substituents is 1. The molecular formula is C21H22ClN3O6. The van der Waals surface area contributed by atoms with Gasteiger partial charge in [-0.25, -0.2) is 4.79 Å². The van der Waals surface area contributed by atoms with Gasteiger partial charge in [0, 0.05) is 31.8 Å². The molecule has 0 radical (unpaired) electrons. The number of nitrogens with one attached hydrogen (secondary N) is 1. The van der Waals surface area contributed by atoms with Gasteiger partial charge in [-0.2, -0.15) is 0 Å². The summed E-state index contributed by atoms with van der Waals surface area (Å²) in [4.78, 5) is 37.1. The van der Waals surface area contributed by atoms with E-state index < -0.39 is 22.9 Å². The normalized spacial score (nSPS) is 15.2. The highest BCUT2D eigenvalue weighted by atomic mass is 35.5. The van der Waals surface area contributed by atoms with Gasteiger partial charge in [-0.15, -0.1) is 0 Å². The quantitative estimate of drug-likeness (QED) is 0.394. The molecule has 1 atom stereocenters. The van der Waals surface area contributed by atoms with Crippen LogP contribution in [0.15, 0.2) is 42.5 Å². The van der Waals surface area contributed by atoms with Crippen LogP contribution in [0.5, 0.6) is 0 Å². The van der Waals surface area contributed by atoms with Crippen molar-refractivity contribution in [3.8, 4) is 0 Å². The number of benzene rings is 2. The van der Waals surface area contributed by atoms with Crippen molar-refractivity contribution < 1.29 is 24.0 Å². The molecule has 2 aromatic rings. The van der Waals surface area contributed by atoms with Crippen molar-refractivity contribution in [3.05, 3.63) is 68.7 Å². The Balaban J connectivity index is 1.54. The van der Waals surface area contributed by atoms with Crippen molar-refractivity contribution in [2.24, 2.45) is 0 Å². The van der Waals surface area contributed by atoms with E-state index in [1.165, 1.54) is 19.1 Å². The van der Waals surface area contributed by atoms with Crippen LogP contribution in [-0.4, -0.2) is 54.1 Å². The van der Waals surface area contributed by atoms with Gasteiger partial charge in [-0.1, -0.05) is 23.7 Å². The number of nitro groups is 1. The highest BCUT2D eigenvalue weighted by Crippen LogP contribution is 2.26. The lowest BCUT2D eigenvalue weighted by atomic mass is 10.1. The molecule has 31 heavy (non-hydrogen) atoms. The first-order valence-corrected chi connectivity index (χ1v) is 10.1. The number of esters is 1. The SMILES string of the molecule is CC(OC(=O)c1ccc(CN2CCOCC2)cc1)C(=O)Nc1ccc([N+](=O)[O-])cc1Cl. The maximum Gasteiger partial charge on any atom is 0.338 e. The summed E-state index contributed by atoms with van der Waals surface area (Å²) < 4.78 is 10.6. The van der Waals surface area contributed by atoms with Gasteiger partial charge in [0.15, 0.2) is 6.10 Å². The molecule has 1 aliphatic rings. The van der Waals surface area contributed by atoms with E-state index in [4.69, 9.17) is 21.1 Å². The number of non-ortho nitro benzene ring substituents is 1. The Morgan fingerprint density at radius 2 is 1.90 bits per heavy atom. The minimum atomic E-state index is -1.09. The number of nitrogens with zero attached hydrogens (tertiary/aromatic N) is 2. The van der Waals surface area contributed by atoms with Crippen molar-refractivity contribution >= 4 is 34.9 Å². The Bertz CT molecular complexity index is 960. The molecule has 1 aliphatic heterocycles. The summed E-state index contributed by atoms with van der Waals surface area (Å²) in [5, 5.41) is 13.3. The lowest BCUT2D eigenvalue weighted by Crippen LogP contribution is -2.35. The van der Waals surface area contributed by atoms with E-state index in [2.05, 4.69) is 10.2 Å². The zero-order chi connectivity index (χ0) is 22.4. The number of anilines is 1. The topological polar surface area (TPSA) is 111 Å². The first kappa shape index (κ1) is 22.7. The van der Waals surface area contributed by atoms with Crippen molar-refractivity contribution in [1.29, 1.82) is 0 Å². The summed E-state index contributed by atoms with van der Waals surface area (Å²) in [5.74, 6) is -1.23. The number of rotatable bonds is 7. The molecule has 1 heterocycles. The minimum Gasteiger partial charge on any atom is -0.449 e. The smallest absolute Gasteiger partial charge is 0.338 e. The average molecular weight is 448 g/mol. The average Bonchev–Trinajstić information content (AvgIpc) is 2.76. The van der Waals surface area contributed by atoms with Crippen LogP contribution in [0.2, 0.25) is 5.02 Å². The number of hydrogen-bond acceptors (Lipinski definition) is 7. The Labute approximate surface area is 184 Å². The first-order valence-electron chi connectivity index (χ1n) is 9.68. The van der Waals surface area contributed by atoms with Gasteiger partial charge in [0.05, 0.1) is 34.4 Å². The lowest BCUT2D eigenvalue weighted by molar-refractivity contribution is -0.384. The number of carbonyl (C=O) groups is 2. The fourth-order valence-corrected chi connectivity index (χ4v) is 3.22. The van der Waals surface area contributed by atoms with E-state index in [0.29, 0.717) is 5.56 Å². The molecular weight excluding hydrogens is 426 g/mol. The van der Waals surface area contributed by atoms with Gasteiger partial charge in [-0.3, -0.25) is 19.8 Å². The maximum absolute atomic E-state index is 12.4. The van der Waals surface area contributed by atoms with Crippen molar-refractivity contribution in [2.75, 3.05) is 31.6 Å². The molecule has 10 heteroatoms. The molecule has 1 saturated heterocycles. The van der Waals surface area contributed by atoms with Crippen LogP contribution in [0.25, 0.3) is 0 Å². The number of halogens is 1. The Kier molecular flexibility index (Phi) is 7.56. The van der Waals surface area contributed by atoms with Gasteiger partial charge in [-0.05, 0) is 30.7 Å². The third kappa shape index (κ3) is 6.24. The molecule has 164 valence electrons. The lowest BCUT2D eigenvalue weighted by Gasteiger charge is -2.26. The van der Waals surface area contributed by atoms with Crippen LogP contribution in [0, 0.1) is 10.1 Å². The second-order valence-corrected chi connectivity index (χ2v) is 7.45. The molecule has 1 N–H and O–H groups in total. The summed E-state index contributed by atoms with van der Waals surface area (Å²) in [5.41, 5.74) is 1.39. The monoisotopic (exact) mass is 447 g/mol. The molecule has 2 aromatic carbocycles. The van der Waals surface area contributed by atoms with Crippen molar-refractivity contribution in [3.63, 3.8) is 0 Å². The second-order valence-electron chi connectivity index (χ2n) is 7.04. The molecule has 0 aromatic heterocycles. The third-order valence-corrected chi connectivity index (χ3v) is 5.09. The summed E-state index contributed by atoms with van der Waals surface area (Å²) in [6.45, 7) is 5.38. The molecule has 0 bridgehead atoms. The number of morpholine rings is 1. The number of carbonyl (C=O) groups excluding carboxylic acids is 2. The highest BCUT2D eigenvalue weighted by Gasteiger charge is 2.21. The van der Waals surface area contributed by atoms with Crippen LogP contribution < -0.4 is 5.32 Å². The Hall–Kier alpha value is -3.01. The molecule has 9 nitrogen and oxygen atoms in total. The first-order chi connectivity index (χ1) is 14.8. The van der Waals surface area contributed by atoms with Crippen molar-refractivity contribution in [1.82, 2.24) is 4.90 Å². The Morgan fingerprint density at radius 1 is 1.23 bits per heavy atom. The zero-order valence-electron chi connectivity index (χ0n) is 16.9. The van der Waals surface area contributed by atoms with Crippen LogP contribution in [0.3, 0.4) is 0 Å². The van der Waals surface area contributed by atoms with E-state index >= 15 is 0 Å². The van der Waals surface area contributed by atoms with E-state index in [-0.39, 0.29) is 16.4 Å². The number of ether oxygens (including phenoxy) is 2.